The van der Waals surface area contributed by atoms with Crippen molar-refractivity contribution in [1.82, 2.24) is 9.72 Å². The van der Waals surface area contributed by atoms with E-state index in [9.17, 15) is 4.79 Å². The van der Waals surface area contributed by atoms with E-state index in [-0.39, 0.29) is 11.8 Å². The highest BCUT2D eigenvalue weighted by molar-refractivity contribution is 6.05. The van der Waals surface area contributed by atoms with Crippen LogP contribution in [0.5, 0.6) is 0 Å². The molecule has 0 radical (unpaired) electrons. The topological polar surface area (TPSA) is 33.5 Å². The number of ketones is 1. The maximum Gasteiger partial charge on any atom is 0.181 e. The minimum atomic E-state index is -0.142. The first-order valence-corrected chi connectivity index (χ1v) is 6.01. The van der Waals surface area contributed by atoms with Crippen LogP contribution in [0.1, 0.15) is 31.1 Å². The first kappa shape index (κ1) is 13.5. The fraction of sp³-hybridized carbons (Fsp3) is 0.357. The van der Waals surface area contributed by atoms with Crippen LogP contribution in [-0.2, 0) is 0 Å². The number of aromatic nitrogens is 1. The molecule has 0 spiro atoms. The largest absolute Gasteiger partial charge is 0.323 e. The SMILES string of the molecule is CC.CNC(C)C(=O)c1ccn2ccccc12. The maximum atomic E-state index is 12.0. The summed E-state index contributed by atoms with van der Waals surface area (Å²) in [6.45, 7) is 5.87. The number of fused-ring (bicyclic) bond motifs is 1. The number of nitrogens with zero attached hydrogens (tertiary/aromatic N) is 1. The van der Waals surface area contributed by atoms with Crippen LogP contribution in [-0.4, -0.2) is 23.3 Å². The summed E-state index contributed by atoms with van der Waals surface area (Å²) >= 11 is 0. The number of hydrogen-bond acceptors (Lipinski definition) is 2. The van der Waals surface area contributed by atoms with Crippen molar-refractivity contribution in [1.29, 1.82) is 0 Å². The maximum absolute atomic E-state index is 12.0. The minimum Gasteiger partial charge on any atom is -0.323 e. The Kier molecular flexibility index (Phi) is 4.91. The van der Waals surface area contributed by atoms with Crippen molar-refractivity contribution in [3.63, 3.8) is 0 Å². The third kappa shape index (κ3) is 2.74. The molecule has 0 fully saturated rings. The van der Waals surface area contributed by atoms with Crippen LogP contribution in [0.4, 0.5) is 0 Å². The molecule has 0 aliphatic carbocycles. The van der Waals surface area contributed by atoms with Gasteiger partial charge < -0.3 is 9.72 Å². The molecule has 3 heteroatoms. The number of nitrogens with one attached hydrogen (secondary N) is 1. The van der Waals surface area contributed by atoms with Crippen LogP contribution in [0.3, 0.4) is 0 Å². The molecule has 1 unspecified atom stereocenters. The second kappa shape index (κ2) is 6.21. The molecular weight excluding hydrogens is 212 g/mol. The predicted octanol–water partition coefficient (Wildman–Crippen LogP) is 2.76. The van der Waals surface area contributed by atoms with Gasteiger partial charge in [0, 0.05) is 18.0 Å². The molecule has 0 saturated carbocycles. The van der Waals surface area contributed by atoms with Crippen molar-refractivity contribution in [3.8, 4) is 0 Å². The second-order valence-electron chi connectivity index (χ2n) is 3.60. The van der Waals surface area contributed by atoms with Crippen molar-refractivity contribution in [2.24, 2.45) is 0 Å². The molecule has 0 aliphatic rings. The Bertz CT molecular complexity index is 488. The van der Waals surface area contributed by atoms with E-state index in [0.29, 0.717) is 0 Å². The molecule has 2 aromatic rings. The molecular formula is C14H20N2O. The third-order valence-corrected chi connectivity index (χ3v) is 2.66. The second-order valence-corrected chi connectivity index (χ2v) is 3.60. The number of carbonyl (C=O) groups is 1. The van der Waals surface area contributed by atoms with Gasteiger partial charge in [0.25, 0.3) is 0 Å². The Morgan fingerprint density at radius 1 is 1.24 bits per heavy atom. The van der Waals surface area contributed by atoms with E-state index in [2.05, 4.69) is 5.32 Å². The van der Waals surface area contributed by atoms with Gasteiger partial charge in [-0.1, -0.05) is 19.9 Å². The molecule has 1 atom stereocenters. The summed E-state index contributed by atoms with van der Waals surface area (Å²) in [5, 5.41) is 2.96. The Labute approximate surface area is 102 Å². The van der Waals surface area contributed by atoms with E-state index in [1.54, 1.807) is 7.05 Å². The molecule has 1 N–H and O–H groups in total. The van der Waals surface area contributed by atoms with Gasteiger partial charge in [-0.2, -0.15) is 0 Å². The van der Waals surface area contributed by atoms with E-state index >= 15 is 0 Å². The molecule has 2 heterocycles. The molecule has 3 nitrogen and oxygen atoms in total. The van der Waals surface area contributed by atoms with Gasteiger partial charge in [-0.25, -0.2) is 0 Å². The summed E-state index contributed by atoms with van der Waals surface area (Å²) in [6, 6.07) is 7.57. The molecule has 2 rings (SSSR count). The molecule has 0 saturated heterocycles. The van der Waals surface area contributed by atoms with Crippen molar-refractivity contribution in [2.45, 2.75) is 26.8 Å². The molecule has 92 valence electrons. The number of hydrogen-bond donors (Lipinski definition) is 1. The molecule has 2 aromatic heterocycles. The first-order valence-electron chi connectivity index (χ1n) is 6.01. The van der Waals surface area contributed by atoms with Gasteiger partial charge in [0.05, 0.1) is 11.6 Å². The van der Waals surface area contributed by atoms with Crippen LogP contribution in [0.15, 0.2) is 36.7 Å². The van der Waals surface area contributed by atoms with Gasteiger partial charge in [-0.3, -0.25) is 4.79 Å². The fourth-order valence-corrected chi connectivity index (χ4v) is 1.63. The van der Waals surface area contributed by atoms with Crippen LogP contribution >= 0.6 is 0 Å². The molecule has 0 bridgehead atoms. The lowest BCUT2D eigenvalue weighted by Gasteiger charge is -2.07. The number of rotatable bonds is 3. The molecule has 17 heavy (non-hydrogen) atoms. The fourth-order valence-electron chi connectivity index (χ4n) is 1.63. The average Bonchev–Trinajstić information content (AvgIpc) is 2.83. The zero-order chi connectivity index (χ0) is 12.8. The van der Waals surface area contributed by atoms with Crippen molar-refractivity contribution in [2.75, 3.05) is 7.05 Å². The van der Waals surface area contributed by atoms with Crippen LogP contribution in [0.25, 0.3) is 5.52 Å². The molecule has 0 aromatic carbocycles. The summed E-state index contributed by atoms with van der Waals surface area (Å²) in [5.41, 5.74) is 1.74. The number of pyridine rings is 1. The summed E-state index contributed by atoms with van der Waals surface area (Å²) in [7, 11) is 1.79. The normalized spacial score (nSPS) is 11.8. The standard InChI is InChI=1S/C12H14N2O.C2H6/c1-9(13-2)12(15)10-6-8-14-7-4-3-5-11(10)14;1-2/h3-9,13H,1-2H3;1-2H3. The Hall–Kier alpha value is -1.61. The highest BCUT2D eigenvalue weighted by atomic mass is 16.1. The smallest absolute Gasteiger partial charge is 0.181 e. The average molecular weight is 232 g/mol. The Morgan fingerprint density at radius 3 is 2.59 bits per heavy atom. The molecule has 0 amide bonds. The van der Waals surface area contributed by atoms with Crippen molar-refractivity contribution >= 4 is 11.3 Å². The third-order valence-electron chi connectivity index (χ3n) is 2.66. The van der Waals surface area contributed by atoms with Crippen LogP contribution < -0.4 is 5.32 Å². The van der Waals surface area contributed by atoms with Gasteiger partial charge in [0.15, 0.2) is 5.78 Å². The first-order chi connectivity index (χ1) is 8.24. The van der Waals surface area contributed by atoms with Crippen LogP contribution in [0, 0.1) is 0 Å². The van der Waals surface area contributed by atoms with Crippen molar-refractivity contribution in [3.05, 3.63) is 42.2 Å². The van der Waals surface area contributed by atoms with E-state index in [1.807, 2.05) is 61.8 Å². The van der Waals surface area contributed by atoms with E-state index in [4.69, 9.17) is 0 Å². The monoisotopic (exact) mass is 232 g/mol. The Morgan fingerprint density at radius 2 is 1.94 bits per heavy atom. The van der Waals surface area contributed by atoms with E-state index in [1.165, 1.54) is 0 Å². The molecule has 0 aliphatic heterocycles. The lowest BCUT2D eigenvalue weighted by molar-refractivity contribution is 0.0957. The van der Waals surface area contributed by atoms with Gasteiger partial charge in [0.2, 0.25) is 0 Å². The van der Waals surface area contributed by atoms with Gasteiger partial charge in [-0.15, -0.1) is 0 Å². The van der Waals surface area contributed by atoms with E-state index in [0.717, 1.165) is 11.1 Å². The lowest BCUT2D eigenvalue weighted by atomic mass is 10.1. The van der Waals surface area contributed by atoms with Crippen molar-refractivity contribution < 1.29 is 4.79 Å². The van der Waals surface area contributed by atoms with Gasteiger partial charge >= 0.3 is 0 Å². The quantitative estimate of drug-likeness (QED) is 0.825. The van der Waals surface area contributed by atoms with Gasteiger partial charge in [-0.05, 0) is 32.2 Å². The zero-order valence-corrected chi connectivity index (χ0v) is 10.9. The summed E-state index contributed by atoms with van der Waals surface area (Å²) in [4.78, 5) is 12.0. The zero-order valence-electron chi connectivity index (χ0n) is 10.9. The van der Waals surface area contributed by atoms with Gasteiger partial charge in [0.1, 0.15) is 0 Å². The Balaban J connectivity index is 0.000000686. The minimum absolute atomic E-state index is 0.131. The number of likely N-dealkylation sites (N-methyl/N-ethyl adjacent to an activating group) is 1. The summed E-state index contributed by atoms with van der Waals surface area (Å²) < 4.78 is 1.95. The highest BCUT2D eigenvalue weighted by Crippen LogP contribution is 2.14. The summed E-state index contributed by atoms with van der Waals surface area (Å²) in [5.74, 6) is 0.131. The number of carbonyl (C=O) groups excluding carboxylic acids is 1. The van der Waals surface area contributed by atoms with Crippen LogP contribution in [0.2, 0.25) is 0 Å². The van der Waals surface area contributed by atoms with E-state index < -0.39 is 0 Å². The lowest BCUT2D eigenvalue weighted by Crippen LogP contribution is -2.30. The summed E-state index contributed by atoms with van der Waals surface area (Å²) in [6.07, 6.45) is 3.85. The predicted molar refractivity (Wildman–Crippen MR) is 71.6 cm³/mol. The number of Topliss-reactive ketones (excluding diaryl/α,β-unsaturated/α-hetero) is 1. The highest BCUT2D eigenvalue weighted by Gasteiger charge is 2.16.